The molecule has 0 radical (unpaired) electrons. The molecule has 2 unspecified atom stereocenters. The molecule has 0 saturated carbocycles. The second kappa shape index (κ2) is 81.8. The van der Waals surface area contributed by atoms with E-state index in [2.05, 4.69) is 217 Å². The normalized spacial score (nSPS) is 12.1. The Bertz CT molecular complexity index is 2960. The van der Waals surface area contributed by atoms with E-state index in [0.717, 1.165) is 182 Å². The summed E-state index contributed by atoms with van der Waals surface area (Å²) >= 11 is 10.7. The van der Waals surface area contributed by atoms with Crippen LogP contribution in [-0.4, -0.2) is 335 Å². The highest BCUT2D eigenvalue weighted by molar-refractivity contribution is 8.16. The lowest BCUT2D eigenvalue weighted by Crippen LogP contribution is -2.50. The van der Waals surface area contributed by atoms with E-state index in [1.54, 1.807) is 27.7 Å². The van der Waals surface area contributed by atoms with Gasteiger partial charge in [0, 0.05) is 0 Å². The first-order chi connectivity index (χ1) is 56.2. The fourth-order valence-corrected chi connectivity index (χ4v) is 19.8. The number of nitrogens with zero attached hydrogens (tertiary/aromatic N) is 8. The maximum Gasteiger partial charge on any atom is 0.262 e. The molecule has 2 atom stereocenters. The van der Waals surface area contributed by atoms with E-state index >= 15 is 0 Å². The van der Waals surface area contributed by atoms with E-state index in [1.165, 1.54) is 228 Å². The Balaban J connectivity index is -0.000000200. The van der Waals surface area contributed by atoms with Crippen molar-refractivity contribution in [1.29, 1.82) is 0 Å². The Morgan fingerprint density at radius 1 is 0.225 bits per heavy atom. The van der Waals surface area contributed by atoms with Crippen molar-refractivity contribution in [3.05, 3.63) is 48.6 Å². The van der Waals surface area contributed by atoms with Crippen molar-refractivity contribution >= 4 is 135 Å². The van der Waals surface area contributed by atoms with Gasteiger partial charge in [-0.2, -0.15) is 0 Å². The first kappa shape index (κ1) is 133. The SMILES string of the molecule is C#CC(=O)SCC[N+](C)(C)C.C#CC(=O)SCC[N+](CC)(CC)CC.C#CC(=O)SCC[N+](CC)(CCC)CCC.C#CC(=O)SCC[N+](CC)(CCC)CCCC.C=C(C)C(=O)SCC[N+](C)(C)C.C=C(C)C(=O)SCC[N+](CC)(CC)CC.C=C(C)C(=O)SCC[N+](CC)(CCC)CCC.C=C(C)C(=O)SCC[N+](CC)(CCC)CCCC. The number of quaternary nitrogens is 8. The van der Waals surface area contributed by atoms with Gasteiger partial charge in [-0.3, -0.25) is 38.4 Å². The van der Waals surface area contributed by atoms with Crippen LogP contribution in [0.25, 0.3) is 0 Å². The molecule has 0 fully saturated rings. The maximum atomic E-state index is 11.5. The third-order valence-electron chi connectivity index (χ3n) is 21.5. The van der Waals surface area contributed by atoms with Crippen LogP contribution in [0.15, 0.2) is 48.6 Å². The molecule has 0 aromatic rings. The molecule has 0 N–H and O–H groups in total. The highest BCUT2D eigenvalue weighted by atomic mass is 32.2. The van der Waals surface area contributed by atoms with Crippen molar-refractivity contribution in [3.8, 4) is 49.4 Å². The van der Waals surface area contributed by atoms with Crippen molar-refractivity contribution in [2.24, 2.45) is 0 Å². The Morgan fingerprint density at radius 3 is 0.517 bits per heavy atom. The second-order valence-electron chi connectivity index (χ2n) is 32.9. The molecule has 0 saturated heterocycles. The summed E-state index contributed by atoms with van der Waals surface area (Å²) in [6.45, 7) is 91.5. The van der Waals surface area contributed by atoms with Crippen LogP contribution in [0.4, 0.5) is 0 Å². The van der Waals surface area contributed by atoms with E-state index in [0.29, 0.717) is 22.3 Å². The molecule has 0 bridgehead atoms. The minimum absolute atomic E-state index is 0.114. The molecule has 0 aliphatic heterocycles. The fraction of sp³-hybridized carbons (Fsp3) is 0.750. The molecule has 24 heteroatoms. The van der Waals surface area contributed by atoms with Crippen LogP contribution >= 0.6 is 94.1 Å². The van der Waals surface area contributed by atoms with Crippen LogP contribution in [0.5, 0.6) is 0 Å². The van der Waals surface area contributed by atoms with E-state index in [1.807, 2.05) is 0 Å². The van der Waals surface area contributed by atoms with E-state index in [-0.39, 0.29) is 40.9 Å². The summed E-state index contributed by atoms with van der Waals surface area (Å²) < 4.78 is 8.53. The number of carbonyl (C=O) groups is 8. The molecule has 0 spiro atoms. The van der Waals surface area contributed by atoms with Crippen LogP contribution in [0.2, 0.25) is 0 Å². The number of unbranched alkanes of at least 4 members (excludes halogenated alkanes) is 2. The molecule has 120 heavy (non-hydrogen) atoms. The predicted octanol–water partition coefficient (Wildman–Crippen LogP) is 19.4. The van der Waals surface area contributed by atoms with Gasteiger partial charge in [-0.15, -0.1) is 25.7 Å². The molecular formula is C96H184N8O8S8+8. The summed E-state index contributed by atoms with van der Waals surface area (Å²) in [6, 6.07) is 0. The standard InChI is InChI=1S/C15H30NOS.C14H28NOS.C14H26NOS.C13H24NOS.C12H24NOS.C11H20NOS.C9H18NOS.C8H14NOS/c1-6-9-11-16(8-3,10-7-2)12-13-18-15(17)14(4)5;1-6-9-15(8-3,10-7-2)11-12-17-14(16)13(4)5;1-5-9-11-15(8-4,10-6-2)12-13-17-14(16)7-3;1-5-9-14(8-4,10-6-2)11-12-16-13(15)7-3;1-6-13(7-2,8-3)9-10-15-12(14)11(4)5;1-5-11(13)14-10-9-12(6-2,7-3)8-4;1-8(2)9(11)12-7-6-10(3,4)5;1-5-8(10)11-7-6-9(2,3)4/h4,6-13H2,1-3,5H3;4,6-12H2,1-3,5H3;3H,5-6,8-13H2,1-2,4H3;3H,5-6,8-12H2,1-2,4H3;4,6-10H2,1-3,5H3;1H,6-10H2,2-4H3;1,6-7H2,2-5H3;1H,6-7H2,2-4H3/q8*+1. The van der Waals surface area contributed by atoms with Gasteiger partial charge in [0.2, 0.25) is 20.5 Å². The van der Waals surface area contributed by atoms with Gasteiger partial charge in [-0.25, -0.2) is 0 Å². The van der Waals surface area contributed by atoms with E-state index in [4.69, 9.17) is 25.7 Å². The molecule has 0 heterocycles. The highest BCUT2D eigenvalue weighted by Gasteiger charge is 2.29. The zero-order chi connectivity index (χ0) is 94.5. The van der Waals surface area contributed by atoms with Gasteiger partial charge in [0.15, 0.2) is 0 Å². The molecule has 0 aromatic heterocycles. The zero-order valence-corrected chi connectivity index (χ0v) is 88.9. The van der Waals surface area contributed by atoms with Crippen LogP contribution in [0, 0.1) is 49.4 Å². The highest BCUT2D eigenvalue weighted by Crippen LogP contribution is 2.21. The molecule has 16 nitrogen and oxygen atoms in total. The van der Waals surface area contributed by atoms with Gasteiger partial charge >= 0.3 is 0 Å². The number of hydrogen-bond donors (Lipinski definition) is 0. The number of thioether (sulfide) groups is 8. The number of rotatable bonds is 56. The Morgan fingerprint density at radius 2 is 0.375 bits per heavy atom. The predicted molar refractivity (Wildman–Crippen MR) is 547 cm³/mol. The maximum absolute atomic E-state index is 11.5. The van der Waals surface area contributed by atoms with Gasteiger partial charge in [0.1, 0.15) is 0 Å². The summed E-state index contributed by atoms with van der Waals surface area (Å²) in [6.07, 6.45) is 32.3. The molecule has 0 aliphatic rings. The largest absolute Gasteiger partial charge is 0.330 e. The van der Waals surface area contributed by atoms with E-state index < -0.39 is 0 Å². The van der Waals surface area contributed by atoms with Crippen molar-refractivity contribution in [2.75, 3.05) is 258 Å². The van der Waals surface area contributed by atoms with Crippen LogP contribution in [0.3, 0.4) is 0 Å². The second-order valence-corrected chi connectivity index (χ2v) is 41.4. The summed E-state index contributed by atoms with van der Waals surface area (Å²) in [7, 11) is 12.6. The fourth-order valence-electron chi connectivity index (χ4n) is 12.8. The van der Waals surface area contributed by atoms with Gasteiger partial charge in [0.05, 0.1) is 258 Å². The van der Waals surface area contributed by atoms with Gasteiger partial charge in [-0.1, -0.05) is 189 Å². The lowest BCUT2D eigenvalue weighted by molar-refractivity contribution is -0.924. The quantitative estimate of drug-likeness (QED) is 0.0324. The van der Waals surface area contributed by atoms with Crippen molar-refractivity contribution in [3.63, 3.8) is 0 Å². The van der Waals surface area contributed by atoms with Crippen LogP contribution in [0.1, 0.15) is 217 Å². The summed E-state index contributed by atoms with van der Waals surface area (Å²) in [4.78, 5) is 89.1. The third-order valence-corrected chi connectivity index (χ3v) is 28.6. The number of hydrogen-bond acceptors (Lipinski definition) is 16. The minimum atomic E-state index is -0.168. The summed E-state index contributed by atoms with van der Waals surface area (Å²) in [5, 5.41) is -0.0403. The Kier molecular flexibility index (Phi) is 90.3. The van der Waals surface area contributed by atoms with Crippen molar-refractivity contribution < 1.29 is 74.2 Å². The van der Waals surface area contributed by atoms with Gasteiger partial charge in [0.25, 0.3) is 20.5 Å². The Hall–Kier alpha value is -2.96. The topological polar surface area (TPSA) is 137 Å². The monoisotopic (exact) mass is 1830 g/mol. The van der Waals surface area contributed by atoms with E-state index in [9.17, 15) is 38.4 Å². The summed E-state index contributed by atoms with van der Waals surface area (Å²) in [5.41, 5.74) is 2.62. The molecule has 0 rings (SSSR count). The lowest BCUT2D eigenvalue weighted by Gasteiger charge is -2.37. The molecule has 0 aromatic carbocycles. The molecule has 0 aliphatic carbocycles. The smallest absolute Gasteiger partial charge is 0.262 e. The van der Waals surface area contributed by atoms with Crippen LogP contribution in [-0.2, 0) is 38.4 Å². The molecule has 0 amide bonds. The van der Waals surface area contributed by atoms with Gasteiger partial charge < -0.3 is 35.9 Å². The first-order valence-electron chi connectivity index (χ1n) is 44.8. The minimum Gasteiger partial charge on any atom is -0.330 e. The summed E-state index contributed by atoms with van der Waals surface area (Å²) in [5.74, 6) is 15.4. The Labute approximate surface area is 776 Å². The molecule has 696 valence electrons. The van der Waals surface area contributed by atoms with Crippen molar-refractivity contribution in [1.82, 2.24) is 0 Å². The average Bonchev–Trinajstić information content (AvgIpc) is 0.883. The van der Waals surface area contributed by atoms with Crippen molar-refractivity contribution in [2.45, 2.75) is 217 Å². The molecular weight excluding hydrogens is 1650 g/mol. The average molecular weight is 1840 g/mol. The number of carbonyl (C=O) groups excluding carboxylic acids is 8. The van der Waals surface area contributed by atoms with Crippen LogP contribution < -0.4 is 0 Å². The number of terminal acetylenes is 4. The lowest BCUT2D eigenvalue weighted by atomic mass is 10.2. The first-order valence-corrected chi connectivity index (χ1v) is 52.7. The zero-order valence-electron chi connectivity index (χ0n) is 82.4. The third kappa shape index (κ3) is 75.2. The van der Waals surface area contributed by atoms with Gasteiger partial charge in [-0.05, 0) is 194 Å².